The fourth-order valence-corrected chi connectivity index (χ4v) is 3.92. The third kappa shape index (κ3) is 3.08. The van der Waals surface area contributed by atoms with Gasteiger partial charge < -0.3 is 18.9 Å². The maximum absolute atomic E-state index is 13.1. The second-order valence-corrected chi connectivity index (χ2v) is 6.72. The highest BCUT2D eigenvalue weighted by atomic mass is 16.5. The van der Waals surface area contributed by atoms with Gasteiger partial charge in [-0.1, -0.05) is 18.2 Å². The second-order valence-electron chi connectivity index (χ2n) is 6.72. The summed E-state index contributed by atoms with van der Waals surface area (Å²) in [6.45, 7) is 0.0652. The van der Waals surface area contributed by atoms with E-state index in [0.717, 1.165) is 5.56 Å². The van der Waals surface area contributed by atoms with Crippen molar-refractivity contribution >= 4 is 17.6 Å². The lowest BCUT2D eigenvalue weighted by Crippen LogP contribution is -2.37. The van der Waals surface area contributed by atoms with Gasteiger partial charge in [0.25, 0.3) is 0 Å². The molecule has 0 aliphatic carbocycles. The lowest BCUT2D eigenvalue weighted by molar-refractivity contribution is -0.136. The summed E-state index contributed by atoms with van der Waals surface area (Å²) in [6, 6.07) is 12.8. The molecule has 7 nitrogen and oxygen atoms in total. The summed E-state index contributed by atoms with van der Waals surface area (Å²) in [5.74, 6) is 0.414. The summed E-state index contributed by atoms with van der Waals surface area (Å²) >= 11 is 0. The molecular weight excluding hydrogens is 374 g/mol. The Hall–Kier alpha value is -3.48. The Kier molecular flexibility index (Phi) is 4.88. The Labute approximate surface area is 168 Å². The van der Waals surface area contributed by atoms with Crippen molar-refractivity contribution in [1.29, 1.82) is 0 Å². The van der Waals surface area contributed by atoms with Crippen molar-refractivity contribution in [3.05, 3.63) is 59.3 Å². The molecule has 0 radical (unpaired) electrons. The molecule has 0 aromatic heterocycles. The lowest BCUT2D eigenvalue weighted by atomic mass is 9.83. The molecule has 0 fully saturated rings. The van der Waals surface area contributed by atoms with Gasteiger partial charge in [-0.3, -0.25) is 9.69 Å². The first-order valence-corrected chi connectivity index (χ1v) is 9.17. The Morgan fingerprint density at radius 3 is 2.21 bits per heavy atom. The van der Waals surface area contributed by atoms with Crippen molar-refractivity contribution in [2.45, 2.75) is 12.3 Å². The fraction of sp³-hybridized carbons (Fsp3) is 0.273. The van der Waals surface area contributed by atoms with Crippen LogP contribution in [0.4, 0.5) is 5.69 Å². The molecule has 1 amide bonds. The molecule has 2 aromatic carbocycles. The number of para-hydroxylation sites is 1. The Morgan fingerprint density at radius 2 is 1.62 bits per heavy atom. The van der Waals surface area contributed by atoms with Crippen LogP contribution in [-0.4, -0.2) is 39.8 Å². The third-order valence-electron chi connectivity index (χ3n) is 5.22. The molecule has 2 aromatic rings. The predicted octanol–water partition coefficient (Wildman–Crippen LogP) is 3.04. The number of hydrogen-bond donors (Lipinski definition) is 0. The fourth-order valence-electron chi connectivity index (χ4n) is 3.92. The summed E-state index contributed by atoms with van der Waals surface area (Å²) < 4.78 is 21.6. The molecule has 0 unspecified atom stereocenters. The number of methoxy groups -OCH3 is 3. The number of ether oxygens (including phenoxy) is 4. The first-order chi connectivity index (χ1) is 14.1. The van der Waals surface area contributed by atoms with Gasteiger partial charge in [-0.15, -0.1) is 0 Å². The zero-order valence-corrected chi connectivity index (χ0v) is 16.4. The smallest absolute Gasteiger partial charge is 0.336 e. The van der Waals surface area contributed by atoms with Gasteiger partial charge in [0.05, 0.1) is 32.6 Å². The number of benzene rings is 2. The predicted molar refractivity (Wildman–Crippen MR) is 105 cm³/mol. The van der Waals surface area contributed by atoms with Gasteiger partial charge in [-0.05, 0) is 29.8 Å². The van der Waals surface area contributed by atoms with Crippen LogP contribution >= 0.6 is 0 Å². The second kappa shape index (κ2) is 7.50. The largest absolute Gasteiger partial charge is 0.493 e. The van der Waals surface area contributed by atoms with E-state index < -0.39 is 11.9 Å². The molecule has 2 heterocycles. The molecule has 150 valence electrons. The van der Waals surface area contributed by atoms with Gasteiger partial charge in [-0.25, -0.2) is 4.79 Å². The van der Waals surface area contributed by atoms with Crippen molar-refractivity contribution < 1.29 is 28.5 Å². The van der Waals surface area contributed by atoms with E-state index in [9.17, 15) is 9.59 Å². The molecule has 7 heteroatoms. The monoisotopic (exact) mass is 395 g/mol. The van der Waals surface area contributed by atoms with E-state index in [1.165, 1.54) is 21.3 Å². The topological polar surface area (TPSA) is 74.3 Å². The van der Waals surface area contributed by atoms with Crippen LogP contribution < -0.4 is 19.1 Å². The van der Waals surface area contributed by atoms with Gasteiger partial charge in [-0.2, -0.15) is 0 Å². The summed E-state index contributed by atoms with van der Waals surface area (Å²) in [7, 11) is 4.58. The summed E-state index contributed by atoms with van der Waals surface area (Å²) in [4.78, 5) is 27.3. The molecule has 0 saturated heterocycles. The molecule has 4 rings (SSSR count). The average Bonchev–Trinajstić information content (AvgIpc) is 3.13. The summed E-state index contributed by atoms with van der Waals surface area (Å²) in [6.07, 6.45) is 0.126. The lowest BCUT2D eigenvalue weighted by Gasteiger charge is -2.32. The first kappa shape index (κ1) is 18.9. The maximum atomic E-state index is 13.1. The number of amides is 1. The quantitative estimate of drug-likeness (QED) is 0.725. The number of cyclic esters (lactones) is 1. The van der Waals surface area contributed by atoms with Crippen LogP contribution in [0.3, 0.4) is 0 Å². The van der Waals surface area contributed by atoms with Crippen LogP contribution in [0.1, 0.15) is 17.9 Å². The Morgan fingerprint density at radius 1 is 0.966 bits per heavy atom. The van der Waals surface area contributed by atoms with E-state index in [1.807, 2.05) is 30.3 Å². The molecule has 2 aliphatic rings. The van der Waals surface area contributed by atoms with E-state index in [0.29, 0.717) is 34.2 Å². The molecule has 0 spiro atoms. The average molecular weight is 395 g/mol. The van der Waals surface area contributed by atoms with Crippen LogP contribution in [0.2, 0.25) is 0 Å². The number of esters is 1. The van der Waals surface area contributed by atoms with Crippen molar-refractivity contribution in [1.82, 2.24) is 0 Å². The minimum absolute atomic E-state index is 0.0652. The minimum Gasteiger partial charge on any atom is -0.493 e. The van der Waals surface area contributed by atoms with Crippen molar-refractivity contribution in [2.75, 3.05) is 32.8 Å². The zero-order valence-electron chi connectivity index (χ0n) is 16.4. The number of carbonyl (C=O) groups is 2. The third-order valence-corrected chi connectivity index (χ3v) is 5.22. The normalized spacial score (nSPS) is 18.4. The van der Waals surface area contributed by atoms with Crippen molar-refractivity contribution in [2.24, 2.45) is 0 Å². The number of anilines is 1. The number of nitrogens with zero attached hydrogens (tertiary/aromatic N) is 1. The summed E-state index contributed by atoms with van der Waals surface area (Å²) in [5.41, 5.74) is 2.51. The van der Waals surface area contributed by atoms with Crippen LogP contribution in [0.15, 0.2) is 53.7 Å². The van der Waals surface area contributed by atoms with Crippen molar-refractivity contribution in [3.8, 4) is 17.2 Å². The van der Waals surface area contributed by atoms with Crippen LogP contribution in [0.25, 0.3) is 0 Å². The molecule has 0 bridgehead atoms. The molecular formula is C22H21NO6. The van der Waals surface area contributed by atoms with Gasteiger partial charge in [0, 0.05) is 18.0 Å². The van der Waals surface area contributed by atoms with E-state index in [2.05, 4.69) is 0 Å². The van der Waals surface area contributed by atoms with Crippen molar-refractivity contribution in [3.63, 3.8) is 0 Å². The first-order valence-electron chi connectivity index (χ1n) is 9.17. The number of carbonyl (C=O) groups excluding carboxylic acids is 2. The van der Waals surface area contributed by atoms with Gasteiger partial charge in [0.2, 0.25) is 11.7 Å². The Bertz CT molecular complexity index is 973. The van der Waals surface area contributed by atoms with E-state index in [4.69, 9.17) is 18.9 Å². The summed E-state index contributed by atoms with van der Waals surface area (Å²) in [5, 5.41) is 0. The van der Waals surface area contributed by atoms with E-state index in [1.54, 1.807) is 17.0 Å². The maximum Gasteiger partial charge on any atom is 0.336 e. The molecule has 0 N–H and O–H groups in total. The SMILES string of the molecule is COc1cc([C@H]2CC(=O)N(c3ccccc3)C3=C2C(=O)OC3)cc(OC)c1OC. The van der Waals surface area contributed by atoms with Gasteiger partial charge in [0.15, 0.2) is 11.5 Å². The van der Waals surface area contributed by atoms with Crippen LogP contribution in [0, 0.1) is 0 Å². The minimum atomic E-state index is -0.457. The zero-order chi connectivity index (χ0) is 20.5. The molecule has 0 saturated carbocycles. The molecule has 2 aliphatic heterocycles. The van der Waals surface area contributed by atoms with Gasteiger partial charge >= 0.3 is 5.97 Å². The molecule has 29 heavy (non-hydrogen) atoms. The number of rotatable bonds is 5. The van der Waals surface area contributed by atoms with E-state index in [-0.39, 0.29) is 18.9 Å². The van der Waals surface area contributed by atoms with Crippen LogP contribution in [-0.2, 0) is 14.3 Å². The van der Waals surface area contributed by atoms with E-state index >= 15 is 0 Å². The number of hydrogen-bond acceptors (Lipinski definition) is 6. The molecule has 1 atom stereocenters. The highest BCUT2D eigenvalue weighted by Gasteiger charge is 2.43. The highest BCUT2D eigenvalue weighted by Crippen LogP contribution is 2.46. The highest BCUT2D eigenvalue weighted by molar-refractivity contribution is 6.06. The van der Waals surface area contributed by atoms with Crippen LogP contribution in [0.5, 0.6) is 17.2 Å². The standard InChI is InChI=1S/C22H21NO6/c1-26-17-9-13(10-18(27-2)21(17)28-3)15-11-19(24)23(14-7-5-4-6-8-14)16-12-29-22(25)20(15)16/h4-10,15H,11-12H2,1-3H3/t15-/m1/s1. The Balaban J connectivity index is 1.85. The van der Waals surface area contributed by atoms with Gasteiger partial charge in [0.1, 0.15) is 6.61 Å².